The van der Waals surface area contributed by atoms with E-state index in [-0.39, 0.29) is 0 Å². The highest BCUT2D eigenvalue weighted by Crippen LogP contribution is 2.19. The molecule has 0 saturated carbocycles. The van der Waals surface area contributed by atoms with Gasteiger partial charge in [0.2, 0.25) is 0 Å². The molecule has 0 spiro atoms. The number of benzene rings is 1. The molecule has 0 aliphatic heterocycles. The van der Waals surface area contributed by atoms with Crippen molar-refractivity contribution in [2.45, 2.75) is 6.92 Å². The van der Waals surface area contributed by atoms with Gasteiger partial charge in [-0.1, -0.05) is 36.4 Å². The average molecular weight is 264 g/mol. The molecule has 20 heavy (non-hydrogen) atoms. The zero-order valence-electron chi connectivity index (χ0n) is 11.3. The number of aromatic nitrogens is 3. The van der Waals surface area contributed by atoms with Gasteiger partial charge in [-0.05, 0) is 24.6 Å². The second-order valence-electron chi connectivity index (χ2n) is 4.45. The summed E-state index contributed by atoms with van der Waals surface area (Å²) in [6, 6.07) is 16.1. The summed E-state index contributed by atoms with van der Waals surface area (Å²) in [4.78, 5) is 4.53. The Kier molecular flexibility index (Phi) is 3.46. The van der Waals surface area contributed by atoms with Crippen LogP contribution in [0, 0.1) is 0 Å². The summed E-state index contributed by atoms with van der Waals surface area (Å²) in [5.41, 5.74) is 2.24. The molecule has 0 aliphatic rings. The molecule has 0 bridgehead atoms. The fourth-order valence-corrected chi connectivity index (χ4v) is 2.06. The normalized spacial score (nSPS) is 10.4. The molecule has 0 aliphatic carbocycles. The van der Waals surface area contributed by atoms with E-state index in [2.05, 4.69) is 34.5 Å². The second-order valence-corrected chi connectivity index (χ2v) is 4.45. The van der Waals surface area contributed by atoms with Crippen molar-refractivity contribution in [3.05, 3.63) is 60.9 Å². The van der Waals surface area contributed by atoms with Crippen LogP contribution in [0.5, 0.6) is 0 Å². The van der Waals surface area contributed by atoms with E-state index in [9.17, 15) is 0 Å². The Bertz CT molecular complexity index is 688. The molecule has 0 saturated heterocycles. The molecule has 3 aromatic rings. The summed E-state index contributed by atoms with van der Waals surface area (Å²) in [6.07, 6.45) is 3.85. The minimum atomic E-state index is 0.811. The molecule has 3 rings (SSSR count). The fraction of sp³-hybridized carbons (Fsp3) is 0.125. The minimum absolute atomic E-state index is 0.811. The summed E-state index contributed by atoms with van der Waals surface area (Å²) < 4.78 is 1.79. The van der Waals surface area contributed by atoms with Crippen molar-refractivity contribution in [1.82, 2.24) is 14.8 Å². The molecular weight excluding hydrogens is 248 g/mol. The molecule has 1 aromatic carbocycles. The van der Waals surface area contributed by atoms with Gasteiger partial charge in [0, 0.05) is 18.3 Å². The first-order chi connectivity index (χ1) is 9.86. The van der Waals surface area contributed by atoms with Crippen molar-refractivity contribution < 1.29 is 0 Å². The molecule has 4 nitrogen and oxygen atoms in total. The fourth-order valence-electron chi connectivity index (χ4n) is 2.06. The van der Waals surface area contributed by atoms with Gasteiger partial charge in [0.05, 0.1) is 6.20 Å². The maximum atomic E-state index is 4.53. The number of anilines is 1. The van der Waals surface area contributed by atoms with Crippen LogP contribution in [0.25, 0.3) is 16.9 Å². The Morgan fingerprint density at radius 2 is 1.85 bits per heavy atom. The quantitative estimate of drug-likeness (QED) is 0.785. The van der Waals surface area contributed by atoms with Crippen LogP contribution in [0.15, 0.2) is 60.9 Å². The lowest BCUT2D eigenvalue weighted by atomic mass is 10.1. The standard InChI is InChI=1S/C16H16N4/c1-2-17-15-9-6-10-16(19-15)20-12-14(11-18-20)13-7-4-3-5-8-13/h3-12H,2H2,1H3,(H,17,19). The van der Waals surface area contributed by atoms with E-state index in [1.165, 1.54) is 0 Å². The van der Waals surface area contributed by atoms with Crippen LogP contribution in [0.2, 0.25) is 0 Å². The van der Waals surface area contributed by atoms with Crippen LogP contribution in [-0.2, 0) is 0 Å². The predicted molar refractivity (Wildman–Crippen MR) is 81.0 cm³/mol. The zero-order chi connectivity index (χ0) is 13.8. The molecule has 0 atom stereocenters. The van der Waals surface area contributed by atoms with Crippen LogP contribution in [0.1, 0.15) is 6.92 Å². The number of hydrogen-bond acceptors (Lipinski definition) is 3. The maximum Gasteiger partial charge on any atom is 0.155 e. The van der Waals surface area contributed by atoms with Crippen molar-refractivity contribution in [2.75, 3.05) is 11.9 Å². The predicted octanol–water partition coefficient (Wildman–Crippen LogP) is 3.37. The largest absolute Gasteiger partial charge is 0.370 e. The van der Waals surface area contributed by atoms with Gasteiger partial charge in [0.1, 0.15) is 5.82 Å². The van der Waals surface area contributed by atoms with Gasteiger partial charge < -0.3 is 5.32 Å². The molecule has 2 aromatic heterocycles. The van der Waals surface area contributed by atoms with Gasteiger partial charge in [-0.15, -0.1) is 0 Å². The highest BCUT2D eigenvalue weighted by molar-refractivity contribution is 5.61. The molecule has 1 N–H and O–H groups in total. The number of hydrogen-bond donors (Lipinski definition) is 1. The van der Waals surface area contributed by atoms with Gasteiger partial charge >= 0.3 is 0 Å². The summed E-state index contributed by atoms with van der Waals surface area (Å²) >= 11 is 0. The van der Waals surface area contributed by atoms with E-state index in [4.69, 9.17) is 0 Å². The Morgan fingerprint density at radius 3 is 2.65 bits per heavy atom. The topological polar surface area (TPSA) is 42.7 Å². The molecular formula is C16H16N4. The monoisotopic (exact) mass is 264 g/mol. The maximum absolute atomic E-state index is 4.53. The SMILES string of the molecule is CCNc1cccc(-n2cc(-c3ccccc3)cn2)n1. The van der Waals surface area contributed by atoms with E-state index in [1.807, 2.05) is 48.8 Å². The van der Waals surface area contributed by atoms with Crippen LogP contribution in [-0.4, -0.2) is 21.3 Å². The lowest BCUT2D eigenvalue weighted by molar-refractivity contribution is 0.847. The van der Waals surface area contributed by atoms with Crippen LogP contribution >= 0.6 is 0 Å². The van der Waals surface area contributed by atoms with Crippen molar-refractivity contribution in [3.63, 3.8) is 0 Å². The summed E-state index contributed by atoms with van der Waals surface area (Å²) in [5.74, 6) is 1.67. The third-order valence-electron chi connectivity index (χ3n) is 3.02. The number of nitrogens with zero attached hydrogens (tertiary/aromatic N) is 3. The first-order valence-corrected chi connectivity index (χ1v) is 6.68. The number of pyridine rings is 1. The van der Waals surface area contributed by atoms with Gasteiger partial charge in [-0.25, -0.2) is 9.67 Å². The summed E-state index contributed by atoms with van der Waals surface area (Å²) in [6.45, 7) is 2.90. The van der Waals surface area contributed by atoms with E-state index < -0.39 is 0 Å². The van der Waals surface area contributed by atoms with E-state index in [0.29, 0.717) is 0 Å². The summed E-state index contributed by atoms with van der Waals surface area (Å²) in [7, 11) is 0. The van der Waals surface area contributed by atoms with Crippen molar-refractivity contribution in [2.24, 2.45) is 0 Å². The number of nitrogens with one attached hydrogen (secondary N) is 1. The Labute approximate surface area is 118 Å². The first kappa shape index (κ1) is 12.4. The van der Waals surface area contributed by atoms with Gasteiger partial charge in [-0.3, -0.25) is 0 Å². The molecule has 0 radical (unpaired) electrons. The highest BCUT2D eigenvalue weighted by Gasteiger charge is 2.04. The second kappa shape index (κ2) is 5.57. The average Bonchev–Trinajstić information content (AvgIpc) is 2.99. The van der Waals surface area contributed by atoms with Gasteiger partial charge in [-0.2, -0.15) is 5.10 Å². The molecule has 4 heteroatoms. The van der Waals surface area contributed by atoms with E-state index in [1.54, 1.807) is 4.68 Å². The van der Waals surface area contributed by atoms with Gasteiger partial charge in [0.15, 0.2) is 5.82 Å². The van der Waals surface area contributed by atoms with Crippen molar-refractivity contribution in [3.8, 4) is 16.9 Å². The molecule has 0 amide bonds. The lowest BCUT2D eigenvalue weighted by Gasteiger charge is -2.04. The Hall–Kier alpha value is -2.62. The third kappa shape index (κ3) is 2.54. The third-order valence-corrected chi connectivity index (χ3v) is 3.02. The first-order valence-electron chi connectivity index (χ1n) is 6.68. The zero-order valence-corrected chi connectivity index (χ0v) is 11.3. The van der Waals surface area contributed by atoms with E-state index in [0.717, 1.165) is 29.3 Å². The molecule has 2 heterocycles. The molecule has 100 valence electrons. The van der Waals surface area contributed by atoms with Crippen LogP contribution in [0.3, 0.4) is 0 Å². The van der Waals surface area contributed by atoms with E-state index >= 15 is 0 Å². The molecule has 0 unspecified atom stereocenters. The Morgan fingerprint density at radius 1 is 1.00 bits per heavy atom. The van der Waals surface area contributed by atoms with Crippen LogP contribution in [0.4, 0.5) is 5.82 Å². The number of rotatable bonds is 4. The Balaban J connectivity index is 1.92. The molecule has 0 fully saturated rings. The highest BCUT2D eigenvalue weighted by atomic mass is 15.3. The minimum Gasteiger partial charge on any atom is -0.370 e. The smallest absolute Gasteiger partial charge is 0.155 e. The van der Waals surface area contributed by atoms with Crippen LogP contribution < -0.4 is 5.32 Å². The van der Waals surface area contributed by atoms with Crippen molar-refractivity contribution in [1.29, 1.82) is 0 Å². The summed E-state index contributed by atoms with van der Waals surface area (Å²) in [5, 5.41) is 7.59. The van der Waals surface area contributed by atoms with Crippen molar-refractivity contribution >= 4 is 5.82 Å². The lowest BCUT2D eigenvalue weighted by Crippen LogP contribution is -2.03. The van der Waals surface area contributed by atoms with Gasteiger partial charge in [0.25, 0.3) is 0 Å².